The molecule has 0 aromatic heterocycles. The number of hydrogen-bond donors (Lipinski definition) is 1. The predicted molar refractivity (Wildman–Crippen MR) is 108 cm³/mol. The maximum absolute atomic E-state index is 13.0. The highest BCUT2D eigenvalue weighted by Crippen LogP contribution is 2.24. The van der Waals surface area contributed by atoms with Crippen LogP contribution < -0.4 is 5.32 Å². The van der Waals surface area contributed by atoms with E-state index in [1.165, 1.54) is 10.4 Å². The Labute approximate surface area is 167 Å². The van der Waals surface area contributed by atoms with Crippen LogP contribution in [0.2, 0.25) is 0 Å². The van der Waals surface area contributed by atoms with Gasteiger partial charge < -0.3 is 10.1 Å². The standard InChI is InChI=1S/C19H21BrN2O4S/c1-13-4-6-16(12-17(13)20)21-19(23)15-5-3-14(2)18(11-15)27(24,25)22-7-9-26-10-8-22/h3-6,11-12H,7-10H2,1-2H3,(H,21,23). The fraction of sp³-hybridized carbons (Fsp3) is 0.316. The Balaban J connectivity index is 1.88. The summed E-state index contributed by atoms with van der Waals surface area (Å²) in [5, 5.41) is 2.81. The van der Waals surface area contributed by atoms with E-state index >= 15 is 0 Å². The first-order valence-electron chi connectivity index (χ1n) is 8.55. The van der Waals surface area contributed by atoms with Crippen LogP contribution in [0.5, 0.6) is 0 Å². The average molecular weight is 453 g/mol. The van der Waals surface area contributed by atoms with Crippen molar-refractivity contribution in [3.63, 3.8) is 0 Å². The normalized spacial score (nSPS) is 15.5. The number of anilines is 1. The number of nitrogens with one attached hydrogen (secondary N) is 1. The van der Waals surface area contributed by atoms with Crippen molar-refractivity contribution < 1.29 is 17.9 Å². The smallest absolute Gasteiger partial charge is 0.255 e. The minimum Gasteiger partial charge on any atom is -0.379 e. The SMILES string of the molecule is Cc1ccc(NC(=O)c2ccc(C)c(S(=O)(=O)N3CCOCC3)c2)cc1Br. The monoisotopic (exact) mass is 452 g/mol. The van der Waals surface area contributed by atoms with E-state index < -0.39 is 10.0 Å². The van der Waals surface area contributed by atoms with E-state index in [0.717, 1.165) is 10.0 Å². The number of halogens is 1. The molecule has 2 aromatic rings. The van der Waals surface area contributed by atoms with Gasteiger partial charge in [0, 0.05) is 28.8 Å². The second-order valence-electron chi connectivity index (χ2n) is 6.41. The number of ether oxygens (including phenoxy) is 1. The summed E-state index contributed by atoms with van der Waals surface area (Å²) in [6.07, 6.45) is 0. The highest BCUT2D eigenvalue weighted by atomic mass is 79.9. The van der Waals surface area contributed by atoms with Crippen LogP contribution in [0.3, 0.4) is 0 Å². The van der Waals surface area contributed by atoms with Crippen LogP contribution in [0.1, 0.15) is 21.5 Å². The zero-order chi connectivity index (χ0) is 19.6. The summed E-state index contributed by atoms with van der Waals surface area (Å²) in [7, 11) is -3.67. The van der Waals surface area contributed by atoms with E-state index in [2.05, 4.69) is 21.2 Å². The van der Waals surface area contributed by atoms with Gasteiger partial charge in [-0.3, -0.25) is 4.79 Å². The van der Waals surface area contributed by atoms with Gasteiger partial charge in [-0.15, -0.1) is 0 Å². The number of carbonyl (C=O) groups is 1. The summed E-state index contributed by atoms with van der Waals surface area (Å²) in [5.41, 5.74) is 2.60. The number of morpholine rings is 1. The second kappa shape index (κ2) is 8.10. The van der Waals surface area contributed by atoms with Crippen LogP contribution >= 0.6 is 15.9 Å². The summed E-state index contributed by atoms with van der Waals surface area (Å²) in [6.45, 7) is 5.07. The minimum atomic E-state index is -3.67. The van der Waals surface area contributed by atoms with Crippen molar-refractivity contribution in [3.8, 4) is 0 Å². The fourth-order valence-electron chi connectivity index (χ4n) is 2.82. The van der Waals surface area contributed by atoms with Gasteiger partial charge in [-0.2, -0.15) is 4.31 Å². The van der Waals surface area contributed by atoms with E-state index in [9.17, 15) is 13.2 Å². The molecule has 0 bridgehead atoms. The molecule has 1 aliphatic rings. The molecule has 0 aliphatic carbocycles. The lowest BCUT2D eigenvalue weighted by molar-refractivity contribution is 0.0730. The summed E-state index contributed by atoms with van der Waals surface area (Å²) in [5.74, 6) is -0.357. The summed E-state index contributed by atoms with van der Waals surface area (Å²) in [6, 6.07) is 10.2. The molecule has 1 amide bonds. The van der Waals surface area contributed by atoms with Crippen LogP contribution in [0.15, 0.2) is 45.8 Å². The van der Waals surface area contributed by atoms with Crippen molar-refractivity contribution in [1.29, 1.82) is 0 Å². The number of hydrogen-bond acceptors (Lipinski definition) is 4. The molecular weight excluding hydrogens is 432 g/mol. The first kappa shape index (κ1) is 20.0. The summed E-state index contributed by atoms with van der Waals surface area (Å²) < 4.78 is 33.4. The van der Waals surface area contributed by atoms with Crippen molar-refractivity contribution in [2.75, 3.05) is 31.6 Å². The van der Waals surface area contributed by atoms with E-state index in [1.54, 1.807) is 25.1 Å². The highest BCUT2D eigenvalue weighted by molar-refractivity contribution is 9.10. The Morgan fingerprint density at radius 3 is 2.41 bits per heavy atom. The number of sulfonamides is 1. The molecular formula is C19H21BrN2O4S. The number of rotatable bonds is 4. The minimum absolute atomic E-state index is 0.155. The average Bonchev–Trinajstić information content (AvgIpc) is 2.65. The lowest BCUT2D eigenvalue weighted by Crippen LogP contribution is -2.40. The van der Waals surface area contributed by atoms with E-state index in [-0.39, 0.29) is 10.8 Å². The first-order chi connectivity index (χ1) is 12.8. The van der Waals surface area contributed by atoms with Crippen LogP contribution in [0.25, 0.3) is 0 Å². The van der Waals surface area contributed by atoms with Crippen LogP contribution in [-0.4, -0.2) is 44.9 Å². The summed E-state index contributed by atoms with van der Waals surface area (Å²) in [4.78, 5) is 12.8. The van der Waals surface area contributed by atoms with Gasteiger partial charge in [0.05, 0.1) is 18.1 Å². The van der Waals surface area contributed by atoms with Crippen molar-refractivity contribution in [3.05, 3.63) is 57.6 Å². The number of amides is 1. The molecule has 1 fully saturated rings. The maximum atomic E-state index is 13.0. The fourth-order valence-corrected chi connectivity index (χ4v) is 4.86. The zero-order valence-corrected chi connectivity index (χ0v) is 17.6. The molecule has 1 N–H and O–H groups in total. The Morgan fingerprint density at radius 2 is 1.74 bits per heavy atom. The number of carbonyl (C=O) groups excluding carboxylic acids is 1. The molecule has 0 saturated carbocycles. The predicted octanol–water partition coefficient (Wildman–Crippen LogP) is 3.34. The molecule has 1 saturated heterocycles. The zero-order valence-electron chi connectivity index (χ0n) is 15.2. The topological polar surface area (TPSA) is 75.7 Å². The third-order valence-electron chi connectivity index (χ3n) is 4.47. The van der Waals surface area contributed by atoms with Gasteiger partial charge in [0.15, 0.2) is 0 Å². The quantitative estimate of drug-likeness (QED) is 0.771. The van der Waals surface area contributed by atoms with Gasteiger partial charge in [-0.05, 0) is 49.2 Å². The van der Waals surface area contributed by atoms with Gasteiger partial charge in [-0.1, -0.05) is 28.1 Å². The first-order valence-corrected chi connectivity index (χ1v) is 10.8. The summed E-state index contributed by atoms with van der Waals surface area (Å²) >= 11 is 3.44. The van der Waals surface area contributed by atoms with Crippen LogP contribution in [-0.2, 0) is 14.8 Å². The van der Waals surface area contributed by atoms with E-state index in [0.29, 0.717) is 43.1 Å². The molecule has 3 rings (SSSR count). The third kappa shape index (κ3) is 4.40. The molecule has 0 radical (unpaired) electrons. The molecule has 0 spiro atoms. The Hall–Kier alpha value is -1.74. The molecule has 8 heteroatoms. The van der Waals surface area contributed by atoms with Crippen molar-refractivity contribution in [2.24, 2.45) is 0 Å². The van der Waals surface area contributed by atoms with E-state index in [4.69, 9.17) is 4.74 Å². The van der Waals surface area contributed by atoms with Crippen molar-refractivity contribution >= 4 is 37.5 Å². The molecule has 27 heavy (non-hydrogen) atoms. The van der Waals surface area contributed by atoms with Gasteiger partial charge in [-0.25, -0.2) is 8.42 Å². The van der Waals surface area contributed by atoms with Crippen molar-refractivity contribution in [2.45, 2.75) is 18.7 Å². The lowest BCUT2D eigenvalue weighted by Gasteiger charge is -2.26. The second-order valence-corrected chi connectivity index (χ2v) is 9.18. The molecule has 1 aliphatic heterocycles. The van der Waals surface area contributed by atoms with Crippen molar-refractivity contribution in [1.82, 2.24) is 4.31 Å². The Bertz CT molecular complexity index is 970. The van der Waals surface area contributed by atoms with Gasteiger partial charge in [0.1, 0.15) is 0 Å². The maximum Gasteiger partial charge on any atom is 0.255 e. The Morgan fingerprint density at radius 1 is 1.07 bits per heavy atom. The Kier molecular flexibility index (Phi) is 6.00. The number of nitrogens with zero attached hydrogens (tertiary/aromatic N) is 1. The molecule has 6 nitrogen and oxygen atoms in total. The number of aryl methyl sites for hydroxylation is 2. The molecule has 0 unspecified atom stereocenters. The van der Waals surface area contributed by atoms with Crippen LogP contribution in [0, 0.1) is 13.8 Å². The van der Waals surface area contributed by atoms with Gasteiger partial charge in [0.2, 0.25) is 10.0 Å². The molecule has 144 valence electrons. The third-order valence-corrected chi connectivity index (χ3v) is 7.36. The van der Waals surface area contributed by atoms with Gasteiger partial charge in [0.25, 0.3) is 5.91 Å². The molecule has 1 heterocycles. The van der Waals surface area contributed by atoms with Gasteiger partial charge >= 0.3 is 0 Å². The highest BCUT2D eigenvalue weighted by Gasteiger charge is 2.28. The van der Waals surface area contributed by atoms with E-state index in [1.807, 2.05) is 19.1 Å². The largest absolute Gasteiger partial charge is 0.379 e. The molecule has 0 atom stereocenters. The number of benzene rings is 2. The molecule has 2 aromatic carbocycles. The van der Waals surface area contributed by atoms with Crippen LogP contribution in [0.4, 0.5) is 5.69 Å². The lowest BCUT2D eigenvalue weighted by atomic mass is 10.1.